The van der Waals surface area contributed by atoms with Crippen molar-refractivity contribution in [2.75, 3.05) is 5.32 Å². The lowest BCUT2D eigenvalue weighted by Gasteiger charge is -2.09. The quantitative estimate of drug-likeness (QED) is 0.768. The zero-order valence-electron chi connectivity index (χ0n) is 11.2. The second-order valence-corrected chi connectivity index (χ2v) is 4.54. The number of hydrogen-bond donors (Lipinski definition) is 2. The van der Waals surface area contributed by atoms with Crippen LogP contribution in [-0.4, -0.2) is 21.0 Å². The van der Waals surface area contributed by atoms with E-state index in [9.17, 15) is 9.90 Å². The summed E-state index contributed by atoms with van der Waals surface area (Å²) in [5.74, 6) is -0.288. The molecule has 1 aromatic carbocycles. The first kappa shape index (κ1) is 13.1. The predicted molar refractivity (Wildman–Crippen MR) is 80.3 cm³/mol. The molecule has 21 heavy (non-hydrogen) atoms. The smallest absolute Gasteiger partial charge is 0.336 e. The first-order valence-corrected chi connectivity index (χ1v) is 6.50. The maximum Gasteiger partial charge on any atom is 0.336 e. The van der Waals surface area contributed by atoms with Crippen molar-refractivity contribution in [3.05, 3.63) is 66.1 Å². The Bertz CT molecular complexity index is 788. The van der Waals surface area contributed by atoms with E-state index >= 15 is 0 Å². The Labute approximate surface area is 121 Å². The van der Waals surface area contributed by atoms with E-state index < -0.39 is 5.97 Å². The molecule has 0 aliphatic heterocycles. The van der Waals surface area contributed by atoms with E-state index in [0.29, 0.717) is 17.7 Å². The lowest BCUT2D eigenvalue weighted by Crippen LogP contribution is -2.04. The van der Waals surface area contributed by atoms with Gasteiger partial charge in [0.25, 0.3) is 0 Å². The molecular weight excluding hydrogens is 266 g/mol. The molecule has 0 atom stereocenters. The van der Waals surface area contributed by atoms with Gasteiger partial charge in [0.05, 0.1) is 17.8 Å². The lowest BCUT2D eigenvalue weighted by atomic mass is 10.1. The minimum absolute atomic E-state index is 0.274. The van der Waals surface area contributed by atoms with Gasteiger partial charge in [0.15, 0.2) is 0 Å². The standard InChI is InChI=1S/C16H13N3O2/c20-16(21)14-6-3-5-13-12(14)7-9-18-15(13)19-10-11-4-1-2-8-17-11/h1-9H,10H2,(H,18,19)(H,20,21). The number of benzene rings is 1. The second-order valence-electron chi connectivity index (χ2n) is 4.54. The van der Waals surface area contributed by atoms with E-state index in [1.54, 1.807) is 30.6 Å². The largest absolute Gasteiger partial charge is 0.478 e. The van der Waals surface area contributed by atoms with E-state index in [1.165, 1.54) is 0 Å². The molecule has 0 unspecified atom stereocenters. The molecule has 3 rings (SSSR count). The highest BCUT2D eigenvalue weighted by Gasteiger charge is 2.10. The molecule has 0 aliphatic carbocycles. The van der Waals surface area contributed by atoms with Gasteiger partial charge in [-0.2, -0.15) is 0 Å². The van der Waals surface area contributed by atoms with Gasteiger partial charge in [0.1, 0.15) is 5.82 Å². The Morgan fingerprint density at radius 1 is 1.00 bits per heavy atom. The minimum atomic E-state index is -0.942. The lowest BCUT2D eigenvalue weighted by molar-refractivity contribution is 0.0699. The number of nitrogens with one attached hydrogen (secondary N) is 1. The number of nitrogens with zero attached hydrogens (tertiary/aromatic N) is 2. The number of carbonyl (C=O) groups is 1. The Hall–Kier alpha value is -2.95. The Kier molecular flexibility index (Phi) is 3.47. The first-order valence-electron chi connectivity index (χ1n) is 6.50. The fraction of sp³-hybridized carbons (Fsp3) is 0.0625. The Morgan fingerprint density at radius 3 is 2.67 bits per heavy atom. The summed E-state index contributed by atoms with van der Waals surface area (Å²) in [5, 5.41) is 13.9. The van der Waals surface area contributed by atoms with Crippen LogP contribution in [0.15, 0.2) is 54.9 Å². The summed E-state index contributed by atoms with van der Waals surface area (Å²) in [6.45, 7) is 0.532. The third kappa shape index (κ3) is 2.67. The number of carboxylic acid groups (broad SMARTS) is 1. The van der Waals surface area contributed by atoms with Gasteiger partial charge in [-0.15, -0.1) is 0 Å². The molecule has 3 aromatic rings. The molecule has 0 aliphatic rings. The highest BCUT2D eigenvalue weighted by molar-refractivity contribution is 6.06. The van der Waals surface area contributed by atoms with Gasteiger partial charge in [0, 0.05) is 23.2 Å². The van der Waals surface area contributed by atoms with Gasteiger partial charge < -0.3 is 10.4 Å². The van der Waals surface area contributed by atoms with Crippen molar-refractivity contribution in [3.8, 4) is 0 Å². The molecule has 0 radical (unpaired) electrons. The van der Waals surface area contributed by atoms with Gasteiger partial charge >= 0.3 is 5.97 Å². The molecule has 0 saturated heterocycles. The van der Waals surface area contributed by atoms with Crippen molar-refractivity contribution in [2.45, 2.75) is 6.54 Å². The fourth-order valence-corrected chi connectivity index (χ4v) is 2.21. The molecule has 2 aromatic heterocycles. The van der Waals surface area contributed by atoms with Crippen LogP contribution in [0.4, 0.5) is 5.82 Å². The molecule has 0 spiro atoms. The van der Waals surface area contributed by atoms with E-state index in [0.717, 1.165) is 11.1 Å². The average Bonchev–Trinajstić information content (AvgIpc) is 2.53. The van der Waals surface area contributed by atoms with Crippen molar-refractivity contribution < 1.29 is 9.90 Å². The van der Waals surface area contributed by atoms with Crippen LogP contribution < -0.4 is 5.32 Å². The predicted octanol–water partition coefficient (Wildman–Crippen LogP) is 2.94. The molecule has 0 fully saturated rings. The topological polar surface area (TPSA) is 75.1 Å². The SMILES string of the molecule is O=C(O)c1cccc2c(NCc3ccccn3)nccc12. The van der Waals surface area contributed by atoms with E-state index in [1.807, 2.05) is 24.3 Å². The third-order valence-corrected chi connectivity index (χ3v) is 3.20. The zero-order valence-corrected chi connectivity index (χ0v) is 11.2. The van der Waals surface area contributed by atoms with Gasteiger partial charge in [-0.3, -0.25) is 4.98 Å². The summed E-state index contributed by atoms with van der Waals surface area (Å²) in [4.78, 5) is 19.8. The summed E-state index contributed by atoms with van der Waals surface area (Å²) in [6, 6.07) is 12.6. The molecule has 0 saturated carbocycles. The van der Waals surface area contributed by atoms with E-state index in [2.05, 4.69) is 15.3 Å². The van der Waals surface area contributed by atoms with Gasteiger partial charge in [-0.1, -0.05) is 18.2 Å². The van der Waals surface area contributed by atoms with Crippen LogP contribution in [0.5, 0.6) is 0 Å². The molecule has 0 amide bonds. The van der Waals surface area contributed by atoms with Crippen LogP contribution in [-0.2, 0) is 6.54 Å². The molecule has 104 valence electrons. The number of aromatic carboxylic acids is 1. The molecule has 5 nitrogen and oxygen atoms in total. The van der Waals surface area contributed by atoms with Crippen LogP contribution in [0.1, 0.15) is 16.1 Å². The number of carboxylic acids is 1. The molecule has 2 N–H and O–H groups in total. The van der Waals surface area contributed by atoms with Gasteiger partial charge in [0.2, 0.25) is 0 Å². The Morgan fingerprint density at radius 2 is 1.90 bits per heavy atom. The molecule has 2 heterocycles. The number of pyridine rings is 2. The molecule has 0 bridgehead atoms. The number of fused-ring (bicyclic) bond motifs is 1. The number of hydrogen-bond acceptors (Lipinski definition) is 4. The van der Waals surface area contributed by atoms with Crippen molar-refractivity contribution >= 4 is 22.6 Å². The van der Waals surface area contributed by atoms with E-state index in [-0.39, 0.29) is 5.56 Å². The number of anilines is 1. The van der Waals surface area contributed by atoms with Crippen LogP contribution in [0.3, 0.4) is 0 Å². The van der Waals surface area contributed by atoms with Crippen LogP contribution in [0, 0.1) is 0 Å². The molecule has 5 heteroatoms. The van der Waals surface area contributed by atoms with Gasteiger partial charge in [-0.05, 0) is 24.3 Å². The maximum atomic E-state index is 11.3. The van der Waals surface area contributed by atoms with Crippen molar-refractivity contribution in [1.29, 1.82) is 0 Å². The summed E-state index contributed by atoms with van der Waals surface area (Å²) >= 11 is 0. The Balaban J connectivity index is 1.96. The first-order chi connectivity index (χ1) is 10.3. The van der Waals surface area contributed by atoms with Crippen LogP contribution >= 0.6 is 0 Å². The summed E-state index contributed by atoms with van der Waals surface area (Å²) in [6.07, 6.45) is 3.34. The monoisotopic (exact) mass is 279 g/mol. The van der Waals surface area contributed by atoms with Crippen LogP contribution in [0.25, 0.3) is 10.8 Å². The van der Waals surface area contributed by atoms with Crippen molar-refractivity contribution in [3.63, 3.8) is 0 Å². The molecular formula is C16H13N3O2. The summed E-state index contributed by atoms with van der Waals surface area (Å²) in [5.41, 5.74) is 1.17. The second kappa shape index (κ2) is 5.58. The summed E-state index contributed by atoms with van der Waals surface area (Å²) in [7, 11) is 0. The minimum Gasteiger partial charge on any atom is -0.478 e. The maximum absolute atomic E-state index is 11.3. The highest BCUT2D eigenvalue weighted by atomic mass is 16.4. The average molecular weight is 279 g/mol. The van der Waals surface area contributed by atoms with Crippen LogP contribution in [0.2, 0.25) is 0 Å². The highest BCUT2D eigenvalue weighted by Crippen LogP contribution is 2.24. The van der Waals surface area contributed by atoms with E-state index in [4.69, 9.17) is 0 Å². The van der Waals surface area contributed by atoms with Gasteiger partial charge in [-0.25, -0.2) is 9.78 Å². The number of rotatable bonds is 4. The number of aromatic nitrogens is 2. The summed E-state index contributed by atoms with van der Waals surface area (Å²) < 4.78 is 0. The normalized spacial score (nSPS) is 10.5. The van der Waals surface area contributed by atoms with Crippen molar-refractivity contribution in [2.24, 2.45) is 0 Å². The third-order valence-electron chi connectivity index (χ3n) is 3.20. The van der Waals surface area contributed by atoms with Crippen molar-refractivity contribution in [1.82, 2.24) is 9.97 Å². The zero-order chi connectivity index (χ0) is 14.7. The fourth-order valence-electron chi connectivity index (χ4n) is 2.21.